The number of aliphatic carboxylic acids is 1. The number of carboxylic acid groups (broad SMARTS) is 1. The molecule has 4 rings (SSSR count). The fourth-order valence-corrected chi connectivity index (χ4v) is 4.24. The third-order valence-corrected chi connectivity index (χ3v) is 5.89. The van der Waals surface area contributed by atoms with Crippen LogP contribution < -0.4 is 16.2 Å². The maximum atomic E-state index is 12.7. The molecular formula is C24H23N3O6. The largest absolute Gasteiger partial charge is 0.481 e. The van der Waals surface area contributed by atoms with Crippen molar-refractivity contribution in [1.82, 2.24) is 10.9 Å². The monoisotopic (exact) mass is 449 g/mol. The fourth-order valence-electron chi connectivity index (χ4n) is 4.24. The van der Waals surface area contributed by atoms with Gasteiger partial charge in [0.2, 0.25) is 5.91 Å². The first-order valence-electron chi connectivity index (χ1n) is 10.4. The Morgan fingerprint density at radius 2 is 1.70 bits per heavy atom. The number of nitrogens with one attached hydrogen (secondary N) is 3. The van der Waals surface area contributed by atoms with Gasteiger partial charge in [0.15, 0.2) is 0 Å². The Labute approximate surface area is 189 Å². The van der Waals surface area contributed by atoms with Crippen LogP contribution in [0.15, 0.2) is 60.7 Å². The molecule has 2 aromatic carbocycles. The average molecular weight is 449 g/mol. The van der Waals surface area contributed by atoms with Gasteiger partial charge in [-0.2, -0.15) is 0 Å². The highest BCUT2D eigenvalue weighted by Crippen LogP contribution is 2.46. The van der Waals surface area contributed by atoms with E-state index in [0.717, 1.165) is 5.56 Å². The first-order valence-corrected chi connectivity index (χ1v) is 10.4. The van der Waals surface area contributed by atoms with Gasteiger partial charge in [0.25, 0.3) is 11.8 Å². The van der Waals surface area contributed by atoms with Crippen molar-refractivity contribution in [2.45, 2.75) is 25.6 Å². The topological polar surface area (TPSA) is 134 Å². The number of rotatable bonds is 5. The van der Waals surface area contributed by atoms with Gasteiger partial charge in [-0.05, 0) is 50.2 Å². The molecule has 0 unspecified atom stereocenters. The summed E-state index contributed by atoms with van der Waals surface area (Å²) in [6.07, 6.45) is 2.63. The lowest BCUT2D eigenvalue weighted by Gasteiger charge is -2.27. The Hall–Kier alpha value is -3.98. The Kier molecular flexibility index (Phi) is 5.73. The van der Waals surface area contributed by atoms with Crippen molar-refractivity contribution in [3.05, 3.63) is 77.4 Å². The summed E-state index contributed by atoms with van der Waals surface area (Å²) in [5.41, 5.74) is 5.81. The van der Waals surface area contributed by atoms with E-state index in [9.17, 15) is 24.3 Å². The van der Waals surface area contributed by atoms with Crippen LogP contribution in [0.4, 0.5) is 5.69 Å². The van der Waals surface area contributed by atoms with Gasteiger partial charge in [0, 0.05) is 16.8 Å². The minimum atomic E-state index is -1.14. The van der Waals surface area contributed by atoms with Crippen LogP contribution in [0.1, 0.15) is 33.2 Å². The predicted octanol–water partition coefficient (Wildman–Crippen LogP) is 2.05. The molecule has 9 nitrogen and oxygen atoms in total. The molecule has 2 aliphatic rings. The number of hydrogen-bond donors (Lipinski definition) is 4. The molecule has 9 heteroatoms. The van der Waals surface area contributed by atoms with E-state index in [-0.39, 0.29) is 11.5 Å². The van der Waals surface area contributed by atoms with Crippen molar-refractivity contribution in [2.75, 3.05) is 5.32 Å². The number of carbonyl (C=O) groups excluding carboxylic acids is 3. The summed E-state index contributed by atoms with van der Waals surface area (Å²) in [5.74, 6) is -4.66. The zero-order valence-corrected chi connectivity index (χ0v) is 18.0. The lowest BCUT2D eigenvalue weighted by molar-refractivity contribution is -0.147. The van der Waals surface area contributed by atoms with Crippen LogP contribution in [-0.4, -0.2) is 40.5 Å². The minimum absolute atomic E-state index is 0.244. The Morgan fingerprint density at radius 3 is 2.36 bits per heavy atom. The van der Waals surface area contributed by atoms with Crippen molar-refractivity contribution in [1.29, 1.82) is 0 Å². The third-order valence-electron chi connectivity index (χ3n) is 5.89. The van der Waals surface area contributed by atoms with Crippen LogP contribution in [0.5, 0.6) is 0 Å². The second-order valence-corrected chi connectivity index (χ2v) is 8.31. The first-order chi connectivity index (χ1) is 15.7. The number of amides is 3. The van der Waals surface area contributed by atoms with Gasteiger partial charge in [0.1, 0.15) is 5.92 Å². The van der Waals surface area contributed by atoms with Crippen molar-refractivity contribution in [3.8, 4) is 0 Å². The number of carboxylic acids is 1. The summed E-state index contributed by atoms with van der Waals surface area (Å²) in [6.45, 7) is 3.54. The number of anilines is 1. The maximum absolute atomic E-state index is 12.7. The van der Waals surface area contributed by atoms with E-state index in [1.807, 2.05) is 13.0 Å². The molecular weight excluding hydrogens is 426 g/mol. The van der Waals surface area contributed by atoms with E-state index in [4.69, 9.17) is 4.74 Å². The lowest BCUT2D eigenvalue weighted by Crippen LogP contribution is -2.52. The molecule has 1 saturated heterocycles. The number of hydrazine groups is 1. The Balaban J connectivity index is 1.35. The van der Waals surface area contributed by atoms with Crippen molar-refractivity contribution in [3.63, 3.8) is 0 Å². The van der Waals surface area contributed by atoms with Crippen LogP contribution in [0.2, 0.25) is 0 Å². The molecule has 33 heavy (non-hydrogen) atoms. The van der Waals surface area contributed by atoms with Crippen molar-refractivity contribution in [2.24, 2.45) is 11.8 Å². The second kappa shape index (κ2) is 8.51. The van der Waals surface area contributed by atoms with Crippen LogP contribution in [-0.2, 0) is 14.3 Å². The lowest BCUT2D eigenvalue weighted by atomic mass is 9.76. The number of carbonyl (C=O) groups is 4. The molecule has 2 bridgehead atoms. The first kappa shape index (κ1) is 22.2. The van der Waals surface area contributed by atoms with E-state index >= 15 is 0 Å². The highest BCUT2D eigenvalue weighted by Gasteiger charge is 2.59. The Morgan fingerprint density at radius 1 is 0.970 bits per heavy atom. The van der Waals surface area contributed by atoms with Gasteiger partial charge in [0.05, 0.1) is 17.6 Å². The molecule has 0 aliphatic carbocycles. The molecule has 0 radical (unpaired) electrons. The highest BCUT2D eigenvalue weighted by atomic mass is 16.5. The minimum Gasteiger partial charge on any atom is -0.481 e. The molecule has 2 heterocycles. The van der Waals surface area contributed by atoms with Gasteiger partial charge in [-0.15, -0.1) is 0 Å². The van der Waals surface area contributed by atoms with Crippen LogP contribution >= 0.6 is 0 Å². The molecule has 0 aromatic heterocycles. The zero-order valence-electron chi connectivity index (χ0n) is 18.0. The van der Waals surface area contributed by atoms with Gasteiger partial charge < -0.3 is 15.2 Å². The quantitative estimate of drug-likeness (QED) is 0.408. The number of aryl methyl sites for hydroxylation is 1. The Bertz CT molecular complexity index is 1160. The van der Waals surface area contributed by atoms with Crippen LogP contribution in [0.3, 0.4) is 0 Å². The molecule has 4 N–H and O–H groups in total. The summed E-state index contributed by atoms with van der Waals surface area (Å²) in [6, 6.07) is 13.3. The maximum Gasteiger partial charge on any atom is 0.310 e. The van der Waals surface area contributed by atoms with Crippen LogP contribution in [0.25, 0.3) is 0 Å². The summed E-state index contributed by atoms with van der Waals surface area (Å²) < 4.78 is 5.64. The molecule has 0 saturated carbocycles. The summed E-state index contributed by atoms with van der Waals surface area (Å²) in [7, 11) is 0. The number of ether oxygens (including phenoxy) is 1. The van der Waals surface area contributed by atoms with Gasteiger partial charge >= 0.3 is 5.97 Å². The molecule has 170 valence electrons. The average Bonchev–Trinajstić information content (AvgIpc) is 3.31. The van der Waals surface area contributed by atoms with Gasteiger partial charge in [-0.3, -0.25) is 30.0 Å². The normalized spacial score (nSPS) is 24.8. The molecule has 4 atom stereocenters. The highest BCUT2D eigenvalue weighted by molar-refractivity contribution is 6.04. The van der Waals surface area contributed by atoms with E-state index in [1.54, 1.807) is 49.4 Å². The number of hydrogen-bond acceptors (Lipinski definition) is 5. The van der Waals surface area contributed by atoms with E-state index < -0.39 is 41.3 Å². The summed E-state index contributed by atoms with van der Waals surface area (Å²) in [4.78, 5) is 49.1. The number of fused-ring (bicyclic) bond motifs is 2. The van der Waals surface area contributed by atoms with Crippen molar-refractivity contribution >= 4 is 29.4 Å². The van der Waals surface area contributed by atoms with E-state index in [1.165, 1.54) is 12.1 Å². The number of benzene rings is 2. The van der Waals surface area contributed by atoms with Gasteiger partial charge in [-0.1, -0.05) is 29.8 Å². The summed E-state index contributed by atoms with van der Waals surface area (Å²) in [5, 5.41) is 12.2. The molecule has 1 fully saturated rings. The molecule has 2 aliphatic heterocycles. The standard InChI is InChI=1S/C24H23N3O6/c1-13-4-3-5-15(12-13)20(28)25-16-8-6-14(7-9-16)21(29)26-27-22(30)19-18(23(31)32)17-10-11-24(19,2)33-17/h3-12,17-19H,1-2H3,(H,25,28)(H,26,29)(H,27,30)(H,31,32)/t17-,18-,19+,24-/m1/s1. The second-order valence-electron chi connectivity index (χ2n) is 8.31. The molecule has 0 spiro atoms. The van der Waals surface area contributed by atoms with Gasteiger partial charge in [-0.25, -0.2) is 0 Å². The smallest absolute Gasteiger partial charge is 0.310 e. The fraction of sp³-hybridized carbons (Fsp3) is 0.250. The third kappa shape index (κ3) is 4.35. The van der Waals surface area contributed by atoms with E-state index in [0.29, 0.717) is 11.3 Å². The summed E-state index contributed by atoms with van der Waals surface area (Å²) >= 11 is 0. The zero-order chi connectivity index (χ0) is 23.8. The predicted molar refractivity (Wildman–Crippen MR) is 118 cm³/mol. The van der Waals surface area contributed by atoms with Crippen LogP contribution in [0, 0.1) is 18.8 Å². The molecule has 3 amide bonds. The molecule has 2 aromatic rings. The SMILES string of the molecule is Cc1cccc(C(=O)Nc2ccc(C(=O)NNC(=O)[C@@H]3[C@H](C(=O)O)[C@H]4C=C[C@@]3(C)O4)cc2)c1. The van der Waals surface area contributed by atoms with Crippen molar-refractivity contribution < 1.29 is 29.0 Å². The van der Waals surface area contributed by atoms with E-state index in [2.05, 4.69) is 16.2 Å².